The van der Waals surface area contributed by atoms with Gasteiger partial charge in [0.25, 0.3) is 0 Å². The van der Waals surface area contributed by atoms with Gasteiger partial charge >= 0.3 is 5.97 Å². The number of hydrogen-bond acceptors (Lipinski definition) is 2. The van der Waals surface area contributed by atoms with Crippen molar-refractivity contribution in [2.75, 3.05) is 0 Å². The molecule has 0 heterocycles. The van der Waals surface area contributed by atoms with Crippen LogP contribution >= 0.6 is 0 Å². The second-order valence-corrected chi connectivity index (χ2v) is 3.40. The molecular formula is C12H11FO3. The Hall–Kier alpha value is -1.97. The lowest BCUT2D eigenvalue weighted by Gasteiger charge is -2.05. The molecule has 16 heavy (non-hydrogen) atoms. The Kier molecular flexibility index (Phi) is 3.55. The number of carboxylic acid groups (broad SMARTS) is 1. The number of rotatable bonds is 3. The molecule has 0 unspecified atom stereocenters. The van der Waals surface area contributed by atoms with Gasteiger partial charge in [0.05, 0.1) is 0 Å². The lowest BCUT2D eigenvalue weighted by Crippen LogP contribution is -2.02. The first-order valence-electron chi connectivity index (χ1n) is 4.64. The third-order valence-corrected chi connectivity index (χ3v) is 2.22. The molecule has 84 valence electrons. The maximum absolute atomic E-state index is 13.5. The summed E-state index contributed by atoms with van der Waals surface area (Å²) in [5.41, 5.74) is 0.872. The lowest BCUT2D eigenvalue weighted by atomic mass is 10.0. The van der Waals surface area contributed by atoms with Gasteiger partial charge in [0.1, 0.15) is 5.82 Å². The summed E-state index contributed by atoms with van der Waals surface area (Å²) < 4.78 is 13.5. The third kappa shape index (κ3) is 2.53. The van der Waals surface area contributed by atoms with Crippen LogP contribution in [0.5, 0.6) is 0 Å². The van der Waals surface area contributed by atoms with Gasteiger partial charge in [0.15, 0.2) is 5.78 Å². The fourth-order valence-corrected chi connectivity index (χ4v) is 1.32. The van der Waals surface area contributed by atoms with E-state index in [1.165, 1.54) is 19.1 Å². The van der Waals surface area contributed by atoms with Gasteiger partial charge in [-0.25, -0.2) is 9.18 Å². The van der Waals surface area contributed by atoms with Crippen LogP contribution < -0.4 is 0 Å². The Balaban J connectivity index is 3.11. The van der Waals surface area contributed by atoms with E-state index >= 15 is 0 Å². The molecule has 1 N–H and O–H groups in total. The molecule has 4 heteroatoms. The average Bonchev–Trinajstić information content (AvgIpc) is 2.23. The minimum Gasteiger partial charge on any atom is -0.478 e. The highest BCUT2D eigenvalue weighted by Crippen LogP contribution is 2.17. The maximum Gasteiger partial charge on any atom is 0.328 e. The van der Waals surface area contributed by atoms with Crippen molar-refractivity contribution in [2.24, 2.45) is 0 Å². The zero-order valence-corrected chi connectivity index (χ0v) is 8.95. The number of aliphatic carboxylic acids is 1. The van der Waals surface area contributed by atoms with Crippen LogP contribution in [0.1, 0.15) is 21.5 Å². The molecule has 0 saturated carbocycles. The van der Waals surface area contributed by atoms with Crippen LogP contribution in [-0.2, 0) is 4.79 Å². The number of halogens is 1. The third-order valence-electron chi connectivity index (χ3n) is 2.22. The first kappa shape index (κ1) is 12.1. The zero-order chi connectivity index (χ0) is 12.3. The molecule has 0 radical (unpaired) electrons. The Labute approximate surface area is 92.2 Å². The molecular weight excluding hydrogens is 211 g/mol. The van der Waals surface area contributed by atoms with E-state index in [9.17, 15) is 14.0 Å². The van der Waals surface area contributed by atoms with Crippen LogP contribution in [0.4, 0.5) is 4.39 Å². The molecule has 0 aliphatic carbocycles. The van der Waals surface area contributed by atoms with Gasteiger partial charge in [-0.2, -0.15) is 0 Å². The first-order valence-corrected chi connectivity index (χ1v) is 4.64. The number of carboxylic acids is 1. The van der Waals surface area contributed by atoms with E-state index < -0.39 is 17.6 Å². The normalized spacial score (nSPS) is 10.7. The molecule has 0 bridgehead atoms. The van der Waals surface area contributed by atoms with Crippen LogP contribution in [-0.4, -0.2) is 16.9 Å². The summed E-state index contributed by atoms with van der Waals surface area (Å²) in [4.78, 5) is 21.7. The highest BCUT2D eigenvalue weighted by Gasteiger charge is 2.11. The highest BCUT2D eigenvalue weighted by atomic mass is 19.1. The van der Waals surface area contributed by atoms with Crippen molar-refractivity contribution in [3.63, 3.8) is 0 Å². The van der Waals surface area contributed by atoms with E-state index in [0.29, 0.717) is 5.56 Å². The number of carbonyl (C=O) groups excluding carboxylic acids is 1. The minimum atomic E-state index is -1.21. The van der Waals surface area contributed by atoms with E-state index in [0.717, 1.165) is 12.2 Å². The van der Waals surface area contributed by atoms with E-state index in [1.54, 1.807) is 6.92 Å². The first-order chi connectivity index (χ1) is 7.43. The van der Waals surface area contributed by atoms with Crippen LogP contribution in [0.3, 0.4) is 0 Å². The van der Waals surface area contributed by atoms with Gasteiger partial charge in [-0.15, -0.1) is 0 Å². The lowest BCUT2D eigenvalue weighted by molar-refractivity contribution is -0.131. The molecule has 1 rings (SSSR count). The number of hydrogen-bond donors (Lipinski definition) is 1. The molecule has 0 fully saturated rings. The van der Waals surface area contributed by atoms with Crippen molar-refractivity contribution in [3.8, 4) is 0 Å². The molecule has 0 saturated heterocycles. The summed E-state index contributed by atoms with van der Waals surface area (Å²) in [7, 11) is 0. The van der Waals surface area contributed by atoms with Gasteiger partial charge in [0, 0.05) is 11.6 Å². The Morgan fingerprint density at radius 2 is 1.88 bits per heavy atom. The standard InChI is InChI=1S/C12H11FO3/c1-7-3-4-9(8(2)12(7)13)10(14)5-6-11(15)16/h3-6H,1-2H3,(H,15,16)/b6-5+. The van der Waals surface area contributed by atoms with E-state index in [4.69, 9.17) is 5.11 Å². The molecule has 1 aromatic rings. The predicted molar refractivity (Wildman–Crippen MR) is 57.0 cm³/mol. The van der Waals surface area contributed by atoms with Crippen LogP contribution in [0.2, 0.25) is 0 Å². The van der Waals surface area contributed by atoms with E-state index in [-0.39, 0.29) is 11.1 Å². The summed E-state index contributed by atoms with van der Waals surface area (Å²) in [6, 6.07) is 2.98. The topological polar surface area (TPSA) is 54.4 Å². The second kappa shape index (κ2) is 4.70. The van der Waals surface area contributed by atoms with Crippen LogP contribution in [0, 0.1) is 19.7 Å². The molecule has 0 aliphatic heterocycles. The van der Waals surface area contributed by atoms with Crippen molar-refractivity contribution in [2.45, 2.75) is 13.8 Å². The predicted octanol–water partition coefficient (Wildman–Crippen LogP) is 2.27. The van der Waals surface area contributed by atoms with Gasteiger partial charge < -0.3 is 5.11 Å². The fourth-order valence-electron chi connectivity index (χ4n) is 1.32. The maximum atomic E-state index is 13.5. The minimum absolute atomic E-state index is 0.181. The number of allylic oxidation sites excluding steroid dienone is 1. The monoisotopic (exact) mass is 222 g/mol. The Bertz CT molecular complexity index is 475. The van der Waals surface area contributed by atoms with E-state index in [1.807, 2.05) is 0 Å². The van der Waals surface area contributed by atoms with E-state index in [2.05, 4.69) is 0 Å². The summed E-state index contributed by atoms with van der Waals surface area (Å²) in [6.07, 6.45) is 1.65. The summed E-state index contributed by atoms with van der Waals surface area (Å²) in [5, 5.41) is 8.36. The molecule has 0 aromatic heterocycles. The molecule has 0 amide bonds. The molecule has 3 nitrogen and oxygen atoms in total. The van der Waals surface area contributed by atoms with Crippen LogP contribution in [0.15, 0.2) is 24.3 Å². The van der Waals surface area contributed by atoms with Crippen LogP contribution in [0.25, 0.3) is 0 Å². The van der Waals surface area contributed by atoms with Crippen molar-refractivity contribution in [1.82, 2.24) is 0 Å². The van der Waals surface area contributed by atoms with Gasteiger partial charge in [-0.3, -0.25) is 4.79 Å². The summed E-state index contributed by atoms with van der Waals surface area (Å²) >= 11 is 0. The second-order valence-electron chi connectivity index (χ2n) is 3.40. The SMILES string of the molecule is Cc1ccc(C(=O)/C=C/C(=O)O)c(C)c1F. The highest BCUT2D eigenvalue weighted by molar-refractivity contribution is 6.07. The summed E-state index contributed by atoms with van der Waals surface area (Å²) in [5.74, 6) is -2.16. The molecule has 1 aromatic carbocycles. The Morgan fingerprint density at radius 3 is 2.44 bits per heavy atom. The van der Waals surface area contributed by atoms with Crippen molar-refractivity contribution in [1.29, 1.82) is 0 Å². The van der Waals surface area contributed by atoms with Crippen molar-refractivity contribution >= 4 is 11.8 Å². The molecule has 0 spiro atoms. The van der Waals surface area contributed by atoms with Gasteiger partial charge in [-0.1, -0.05) is 12.1 Å². The number of carbonyl (C=O) groups is 2. The summed E-state index contributed by atoms with van der Waals surface area (Å²) in [6.45, 7) is 3.09. The van der Waals surface area contributed by atoms with Crippen molar-refractivity contribution in [3.05, 3.63) is 46.8 Å². The molecule has 0 aliphatic rings. The fraction of sp³-hybridized carbons (Fsp3) is 0.167. The molecule has 0 atom stereocenters. The van der Waals surface area contributed by atoms with Gasteiger partial charge in [-0.05, 0) is 31.1 Å². The number of ketones is 1. The van der Waals surface area contributed by atoms with Crippen molar-refractivity contribution < 1.29 is 19.1 Å². The number of benzene rings is 1. The average molecular weight is 222 g/mol. The number of aryl methyl sites for hydroxylation is 1. The largest absolute Gasteiger partial charge is 0.478 e. The zero-order valence-electron chi connectivity index (χ0n) is 8.95. The Morgan fingerprint density at radius 1 is 1.25 bits per heavy atom. The van der Waals surface area contributed by atoms with Gasteiger partial charge in [0.2, 0.25) is 0 Å². The smallest absolute Gasteiger partial charge is 0.328 e. The quantitative estimate of drug-likeness (QED) is 0.630.